The fourth-order valence-electron chi connectivity index (χ4n) is 2.44. The predicted octanol–water partition coefficient (Wildman–Crippen LogP) is 5.03. The molecule has 5 nitrogen and oxygen atoms in total. The van der Waals surface area contributed by atoms with Crippen LogP contribution in [0.1, 0.15) is 10.4 Å². The maximum Gasteiger partial charge on any atom is 0.151 e. The average molecular weight is 440 g/mol. The third-order valence-corrected chi connectivity index (χ3v) is 5.30. The zero-order chi connectivity index (χ0) is 18.1. The van der Waals surface area contributed by atoms with Gasteiger partial charge in [-0.1, -0.05) is 23.2 Å². The number of carbonyl (C=O) groups excluding carboxylic acids is 1. The highest BCUT2D eigenvalue weighted by Crippen LogP contribution is 2.30. The highest BCUT2D eigenvalue weighted by Gasteiger charge is 2.07. The van der Waals surface area contributed by atoms with Crippen molar-refractivity contribution in [3.8, 4) is 0 Å². The molecule has 0 amide bonds. The van der Waals surface area contributed by atoms with Crippen LogP contribution in [0.4, 0.5) is 0 Å². The lowest BCUT2D eigenvalue weighted by molar-refractivity contribution is 0.112. The normalized spacial score (nSPS) is 10.8. The molecule has 0 unspecified atom stereocenters. The summed E-state index contributed by atoms with van der Waals surface area (Å²) in [5, 5.41) is 11.4. The Bertz CT molecular complexity index is 1090. The number of hydrogen-bond donors (Lipinski definition) is 0. The number of halogens is 3. The van der Waals surface area contributed by atoms with Crippen LogP contribution in [0.5, 0.6) is 0 Å². The van der Waals surface area contributed by atoms with E-state index in [1.165, 1.54) is 0 Å². The minimum absolute atomic E-state index is 0.473. The van der Waals surface area contributed by atoms with Gasteiger partial charge in [-0.3, -0.25) is 14.2 Å². The number of aldehydes is 1. The molecule has 0 saturated heterocycles. The topological polar surface area (TPSA) is 52.7 Å². The van der Waals surface area contributed by atoms with E-state index in [1.807, 2.05) is 32.4 Å². The highest BCUT2D eigenvalue weighted by atomic mass is 79.9. The SMILES string of the molecule is Cn1cc2c(Cl)c(Br)ccc2n1.Cn1cc2c(Cl)c(C=O)ccc2n1. The van der Waals surface area contributed by atoms with Gasteiger partial charge in [-0.05, 0) is 40.2 Å². The third-order valence-electron chi connectivity index (χ3n) is 3.59. The van der Waals surface area contributed by atoms with E-state index in [-0.39, 0.29) is 0 Å². The summed E-state index contributed by atoms with van der Waals surface area (Å²) in [6, 6.07) is 7.29. The molecule has 0 spiro atoms. The van der Waals surface area contributed by atoms with Gasteiger partial charge in [-0.25, -0.2) is 0 Å². The summed E-state index contributed by atoms with van der Waals surface area (Å²) in [5.41, 5.74) is 2.23. The first kappa shape index (κ1) is 17.9. The van der Waals surface area contributed by atoms with Crippen molar-refractivity contribution < 1.29 is 4.79 Å². The summed E-state index contributed by atoms with van der Waals surface area (Å²) in [4.78, 5) is 10.6. The van der Waals surface area contributed by atoms with Crippen molar-refractivity contribution in [2.24, 2.45) is 14.1 Å². The maximum absolute atomic E-state index is 10.6. The lowest BCUT2D eigenvalue weighted by atomic mass is 10.2. The molecule has 2 heterocycles. The standard InChI is InChI=1S/C9H7ClN2O.C8H6BrClN2/c1-12-4-7-8(11-12)3-2-6(5-13)9(7)10;1-12-4-5-7(11-12)3-2-6(9)8(5)10/h2-5H,1H3;2-4H,1H3. The molecular weight excluding hydrogens is 427 g/mol. The Balaban J connectivity index is 0.000000146. The number of nitrogens with zero attached hydrogens (tertiary/aromatic N) is 4. The number of fused-ring (bicyclic) bond motifs is 2. The lowest BCUT2D eigenvalue weighted by Gasteiger charge is -1.94. The van der Waals surface area contributed by atoms with Crippen LogP contribution in [0.3, 0.4) is 0 Å². The van der Waals surface area contributed by atoms with Crippen LogP contribution in [0.15, 0.2) is 41.1 Å². The number of rotatable bonds is 1. The van der Waals surface area contributed by atoms with Crippen LogP contribution < -0.4 is 0 Å². The summed E-state index contributed by atoms with van der Waals surface area (Å²) in [6.07, 6.45) is 4.45. The fraction of sp³-hybridized carbons (Fsp3) is 0.118. The number of benzene rings is 2. The van der Waals surface area contributed by atoms with Gasteiger partial charge in [0.25, 0.3) is 0 Å². The Morgan fingerprint density at radius 2 is 1.44 bits per heavy atom. The first-order chi connectivity index (χ1) is 11.9. The Morgan fingerprint density at radius 1 is 0.920 bits per heavy atom. The number of hydrogen-bond acceptors (Lipinski definition) is 3. The van der Waals surface area contributed by atoms with E-state index < -0.39 is 0 Å². The molecule has 25 heavy (non-hydrogen) atoms. The molecule has 4 aromatic rings. The Labute approximate surface area is 162 Å². The molecule has 0 aliphatic carbocycles. The van der Waals surface area contributed by atoms with E-state index in [0.717, 1.165) is 37.6 Å². The van der Waals surface area contributed by atoms with Crippen LogP contribution in [0, 0.1) is 0 Å². The Kier molecular flexibility index (Phi) is 5.13. The largest absolute Gasteiger partial charge is 0.298 e. The van der Waals surface area contributed by atoms with Crippen molar-refractivity contribution in [2.45, 2.75) is 0 Å². The van der Waals surface area contributed by atoms with Crippen LogP contribution in [0.2, 0.25) is 10.0 Å². The summed E-state index contributed by atoms with van der Waals surface area (Å²) in [5.74, 6) is 0. The number of aromatic nitrogens is 4. The summed E-state index contributed by atoms with van der Waals surface area (Å²) >= 11 is 15.4. The van der Waals surface area contributed by atoms with E-state index in [4.69, 9.17) is 23.2 Å². The van der Waals surface area contributed by atoms with Gasteiger partial charge in [0.15, 0.2) is 6.29 Å². The third kappa shape index (κ3) is 3.56. The molecule has 4 rings (SSSR count). The number of carbonyl (C=O) groups is 1. The molecule has 2 aromatic heterocycles. The van der Waals surface area contributed by atoms with Gasteiger partial charge in [0.2, 0.25) is 0 Å². The molecule has 0 aliphatic heterocycles. The minimum atomic E-state index is 0.473. The van der Waals surface area contributed by atoms with E-state index >= 15 is 0 Å². The zero-order valence-corrected chi connectivity index (χ0v) is 16.5. The van der Waals surface area contributed by atoms with Crippen LogP contribution in [-0.2, 0) is 14.1 Å². The molecule has 0 fully saturated rings. The zero-order valence-electron chi connectivity index (χ0n) is 13.4. The van der Waals surface area contributed by atoms with Crippen molar-refractivity contribution in [3.05, 3.63) is 56.7 Å². The van der Waals surface area contributed by atoms with Crippen molar-refractivity contribution in [1.82, 2.24) is 19.6 Å². The monoisotopic (exact) mass is 438 g/mol. The smallest absolute Gasteiger partial charge is 0.151 e. The Morgan fingerprint density at radius 3 is 2.00 bits per heavy atom. The van der Waals surface area contributed by atoms with Gasteiger partial charge in [0.1, 0.15) is 0 Å². The molecule has 128 valence electrons. The molecule has 0 aliphatic rings. The molecule has 2 aromatic carbocycles. The van der Waals surface area contributed by atoms with Gasteiger partial charge in [-0.2, -0.15) is 10.2 Å². The van der Waals surface area contributed by atoms with Crippen molar-refractivity contribution in [2.75, 3.05) is 0 Å². The molecule has 0 atom stereocenters. The van der Waals surface area contributed by atoms with Crippen molar-refractivity contribution >= 4 is 67.2 Å². The van der Waals surface area contributed by atoms with Gasteiger partial charge in [0, 0.05) is 47.3 Å². The van der Waals surface area contributed by atoms with E-state index in [2.05, 4.69) is 26.1 Å². The first-order valence-corrected chi connectivity index (χ1v) is 8.80. The van der Waals surface area contributed by atoms with Crippen LogP contribution in [-0.4, -0.2) is 25.8 Å². The summed E-state index contributed by atoms with van der Waals surface area (Å²) in [6.45, 7) is 0. The van der Waals surface area contributed by atoms with Crippen molar-refractivity contribution in [1.29, 1.82) is 0 Å². The van der Waals surface area contributed by atoms with E-state index in [0.29, 0.717) is 10.6 Å². The van der Waals surface area contributed by atoms with Crippen LogP contribution in [0.25, 0.3) is 21.8 Å². The quantitative estimate of drug-likeness (QED) is 0.391. The molecular formula is C17H13BrCl2N4O. The predicted molar refractivity (Wildman–Crippen MR) is 105 cm³/mol. The summed E-state index contributed by atoms with van der Waals surface area (Å²) in [7, 11) is 3.70. The molecule has 0 saturated carbocycles. The Hall–Kier alpha value is -1.89. The second-order valence-electron chi connectivity index (χ2n) is 5.42. The molecule has 8 heteroatoms. The number of aryl methyl sites for hydroxylation is 2. The molecule has 0 N–H and O–H groups in total. The lowest BCUT2D eigenvalue weighted by Crippen LogP contribution is -1.84. The van der Waals surface area contributed by atoms with Crippen molar-refractivity contribution in [3.63, 3.8) is 0 Å². The van der Waals surface area contributed by atoms with Gasteiger partial charge in [0.05, 0.1) is 21.1 Å². The minimum Gasteiger partial charge on any atom is -0.298 e. The second-order valence-corrected chi connectivity index (χ2v) is 7.03. The van der Waals surface area contributed by atoms with Gasteiger partial charge < -0.3 is 0 Å². The van der Waals surface area contributed by atoms with E-state index in [1.54, 1.807) is 27.7 Å². The van der Waals surface area contributed by atoms with Gasteiger partial charge in [-0.15, -0.1) is 0 Å². The first-order valence-electron chi connectivity index (χ1n) is 7.25. The highest BCUT2D eigenvalue weighted by molar-refractivity contribution is 9.10. The fourth-order valence-corrected chi connectivity index (χ4v) is 3.25. The van der Waals surface area contributed by atoms with Gasteiger partial charge >= 0.3 is 0 Å². The summed E-state index contributed by atoms with van der Waals surface area (Å²) < 4.78 is 4.33. The van der Waals surface area contributed by atoms with Crippen LogP contribution >= 0.6 is 39.1 Å². The maximum atomic E-state index is 10.6. The molecule has 0 radical (unpaired) electrons. The van der Waals surface area contributed by atoms with E-state index in [9.17, 15) is 4.79 Å². The average Bonchev–Trinajstić information content (AvgIpc) is 3.15. The molecule has 0 bridgehead atoms. The second kappa shape index (κ2) is 7.15.